The van der Waals surface area contributed by atoms with E-state index >= 15 is 0 Å². The van der Waals surface area contributed by atoms with Crippen LogP contribution in [0.1, 0.15) is 49.3 Å². The largest absolute Gasteiger partial charge is 0.356 e. The molecule has 2 saturated heterocycles. The molecule has 2 aromatic rings. The van der Waals surface area contributed by atoms with E-state index in [0.29, 0.717) is 39.1 Å². The van der Waals surface area contributed by atoms with Crippen LogP contribution < -0.4 is 5.32 Å². The molecule has 0 spiro atoms. The standard InChI is InChI=1S/C29H36N4O3/c34-27-23-26(25-13-5-2-6-14-25)33-22-10-21-32(29(33)36)19-8-7-18-31(20-9-17-30-27)28(35)16-15-24-11-3-1-4-12-24/h1-6,11-16,26H,7-10,17-23H2,(H,30,34). The fraction of sp³-hybridized carbons (Fsp3) is 0.414. The van der Waals surface area contributed by atoms with Crippen LogP contribution in [0.25, 0.3) is 6.08 Å². The molecule has 4 amide bonds. The van der Waals surface area contributed by atoms with Gasteiger partial charge in [0.25, 0.3) is 0 Å². The number of hydrogen-bond acceptors (Lipinski definition) is 3. The third kappa shape index (κ3) is 6.97. The summed E-state index contributed by atoms with van der Waals surface area (Å²) in [6.07, 6.45) is 6.91. The van der Waals surface area contributed by atoms with E-state index in [-0.39, 0.29) is 30.3 Å². The number of benzene rings is 2. The van der Waals surface area contributed by atoms with Gasteiger partial charge < -0.3 is 20.0 Å². The summed E-state index contributed by atoms with van der Waals surface area (Å²) < 4.78 is 0. The maximum atomic E-state index is 13.4. The molecule has 1 N–H and O–H groups in total. The van der Waals surface area contributed by atoms with Gasteiger partial charge in [-0.25, -0.2) is 4.79 Å². The van der Waals surface area contributed by atoms with Crippen LogP contribution in [0.2, 0.25) is 0 Å². The predicted octanol–water partition coefficient (Wildman–Crippen LogP) is 4.09. The van der Waals surface area contributed by atoms with Gasteiger partial charge in [-0.15, -0.1) is 0 Å². The molecule has 0 aromatic heterocycles. The Morgan fingerprint density at radius 1 is 0.806 bits per heavy atom. The molecule has 2 aromatic carbocycles. The van der Waals surface area contributed by atoms with Crippen LogP contribution >= 0.6 is 0 Å². The van der Waals surface area contributed by atoms with Gasteiger partial charge in [0.15, 0.2) is 0 Å². The lowest BCUT2D eigenvalue weighted by atomic mass is 10.0. The van der Waals surface area contributed by atoms with E-state index in [1.54, 1.807) is 6.08 Å². The Hall–Kier alpha value is -3.61. The van der Waals surface area contributed by atoms with Crippen LogP contribution in [0.5, 0.6) is 0 Å². The first-order chi connectivity index (χ1) is 17.6. The summed E-state index contributed by atoms with van der Waals surface area (Å²) >= 11 is 0. The number of amides is 4. The number of fused-ring (bicyclic) bond motifs is 2. The van der Waals surface area contributed by atoms with E-state index in [1.807, 2.05) is 81.4 Å². The molecule has 2 aliphatic heterocycles. The number of nitrogens with one attached hydrogen (secondary N) is 1. The fourth-order valence-electron chi connectivity index (χ4n) is 4.90. The highest BCUT2D eigenvalue weighted by Gasteiger charge is 2.33. The molecule has 0 radical (unpaired) electrons. The first kappa shape index (κ1) is 25.5. The van der Waals surface area contributed by atoms with Gasteiger partial charge in [-0.05, 0) is 42.9 Å². The number of hydrogen-bond donors (Lipinski definition) is 1. The minimum absolute atomic E-state index is 0.00324. The smallest absolute Gasteiger partial charge is 0.320 e. The van der Waals surface area contributed by atoms with Crippen LogP contribution in [-0.2, 0) is 9.59 Å². The normalized spacial score (nSPS) is 20.6. The number of nitrogens with zero attached hydrogens (tertiary/aromatic N) is 3. The number of rotatable bonds is 3. The molecule has 0 saturated carbocycles. The SMILES string of the molecule is O=C1CC(c2ccccc2)N2CCCN(CCCCN(C(=O)C=Cc3ccccc3)CCCN1)C2=O. The third-order valence-electron chi connectivity index (χ3n) is 6.85. The van der Waals surface area contributed by atoms with Crippen molar-refractivity contribution in [2.24, 2.45) is 0 Å². The Labute approximate surface area is 213 Å². The molecular formula is C29H36N4O3. The molecule has 2 heterocycles. The molecule has 36 heavy (non-hydrogen) atoms. The van der Waals surface area contributed by atoms with Crippen LogP contribution in [0.3, 0.4) is 0 Å². The zero-order chi connectivity index (χ0) is 25.2. The van der Waals surface area contributed by atoms with Gasteiger partial charge in [0.05, 0.1) is 12.5 Å². The van der Waals surface area contributed by atoms with Crippen molar-refractivity contribution < 1.29 is 14.4 Å². The van der Waals surface area contributed by atoms with Gasteiger partial charge in [0.1, 0.15) is 0 Å². The molecule has 190 valence electrons. The molecule has 4 rings (SSSR count). The van der Waals surface area contributed by atoms with Crippen molar-refractivity contribution in [3.63, 3.8) is 0 Å². The van der Waals surface area contributed by atoms with Crippen LogP contribution in [-0.4, -0.2) is 71.8 Å². The summed E-state index contributed by atoms with van der Waals surface area (Å²) in [5.41, 5.74) is 1.96. The van der Waals surface area contributed by atoms with Crippen molar-refractivity contribution >= 4 is 23.9 Å². The molecule has 2 aliphatic rings. The highest BCUT2D eigenvalue weighted by Crippen LogP contribution is 2.28. The summed E-state index contributed by atoms with van der Waals surface area (Å²) in [6.45, 7) is 3.74. The molecule has 1 unspecified atom stereocenters. The van der Waals surface area contributed by atoms with E-state index in [0.717, 1.165) is 36.9 Å². The number of carbonyl (C=O) groups excluding carboxylic acids is 3. The molecule has 2 fully saturated rings. The highest BCUT2D eigenvalue weighted by atomic mass is 16.2. The summed E-state index contributed by atoms with van der Waals surface area (Å²) in [5.74, 6) is -0.107. The lowest BCUT2D eigenvalue weighted by molar-refractivity contribution is -0.126. The van der Waals surface area contributed by atoms with E-state index in [2.05, 4.69) is 5.32 Å². The average Bonchev–Trinajstić information content (AvgIpc) is 2.91. The summed E-state index contributed by atoms with van der Waals surface area (Å²) in [5, 5.41) is 3.01. The lowest BCUT2D eigenvalue weighted by Gasteiger charge is -2.40. The van der Waals surface area contributed by atoms with Crippen molar-refractivity contribution in [1.29, 1.82) is 0 Å². The van der Waals surface area contributed by atoms with E-state index in [1.165, 1.54) is 0 Å². The van der Waals surface area contributed by atoms with Gasteiger partial charge in [-0.3, -0.25) is 9.59 Å². The first-order valence-electron chi connectivity index (χ1n) is 13.0. The zero-order valence-corrected chi connectivity index (χ0v) is 20.9. The zero-order valence-electron chi connectivity index (χ0n) is 20.9. The number of urea groups is 1. The predicted molar refractivity (Wildman–Crippen MR) is 141 cm³/mol. The van der Waals surface area contributed by atoms with Gasteiger partial charge >= 0.3 is 6.03 Å². The number of carbonyl (C=O) groups is 3. The first-order valence-corrected chi connectivity index (χ1v) is 13.0. The van der Waals surface area contributed by atoms with Crippen molar-refractivity contribution in [3.05, 3.63) is 77.9 Å². The summed E-state index contributed by atoms with van der Waals surface area (Å²) in [6, 6.07) is 19.3. The highest BCUT2D eigenvalue weighted by molar-refractivity contribution is 5.91. The summed E-state index contributed by atoms with van der Waals surface area (Å²) in [4.78, 5) is 44.8. The molecule has 2 bridgehead atoms. The summed E-state index contributed by atoms with van der Waals surface area (Å²) in [7, 11) is 0. The Bertz CT molecular complexity index is 1040. The van der Waals surface area contributed by atoms with E-state index in [4.69, 9.17) is 0 Å². The second kappa shape index (κ2) is 12.9. The van der Waals surface area contributed by atoms with Crippen molar-refractivity contribution in [2.75, 3.05) is 39.3 Å². The maximum absolute atomic E-state index is 13.4. The molecule has 1 atom stereocenters. The minimum atomic E-state index is -0.284. The second-order valence-electron chi connectivity index (χ2n) is 9.43. The quantitative estimate of drug-likeness (QED) is 0.662. The van der Waals surface area contributed by atoms with E-state index in [9.17, 15) is 14.4 Å². The second-order valence-corrected chi connectivity index (χ2v) is 9.43. The van der Waals surface area contributed by atoms with Crippen LogP contribution in [0, 0.1) is 0 Å². The Kier molecular flexibility index (Phi) is 9.14. The van der Waals surface area contributed by atoms with Crippen LogP contribution in [0.4, 0.5) is 4.79 Å². The molecular weight excluding hydrogens is 452 g/mol. The average molecular weight is 489 g/mol. The van der Waals surface area contributed by atoms with Gasteiger partial charge in [0.2, 0.25) is 11.8 Å². The molecule has 7 heteroatoms. The Morgan fingerprint density at radius 2 is 1.47 bits per heavy atom. The molecule has 7 nitrogen and oxygen atoms in total. The van der Waals surface area contributed by atoms with E-state index < -0.39 is 0 Å². The lowest BCUT2D eigenvalue weighted by Crippen LogP contribution is -2.51. The van der Waals surface area contributed by atoms with Gasteiger partial charge in [-0.2, -0.15) is 0 Å². The monoisotopic (exact) mass is 488 g/mol. The maximum Gasteiger partial charge on any atom is 0.320 e. The Balaban J connectivity index is 1.46. The Morgan fingerprint density at radius 3 is 2.25 bits per heavy atom. The molecule has 0 aliphatic carbocycles. The van der Waals surface area contributed by atoms with Crippen molar-refractivity contribution in [3.8, 4) is 0 Å². The van der Waals surface area contributed by atoms with Gasteiger partial charge in [-0.1, -0.05) is 60.7 Å². The third-order valence-corrected chi connectivity index (χ3v) is 6.85. The topological polar surface area (TPSA) is 73.0 Å². The van der Waals surface area contributed by atoms with Gasteiger partial charge in [0, 0.05) is 45.3 Å². The van der Waals surface area contributed by atoms with Crippen LogP contribution in [0.15, 0.2) is 66.7 Å². The van der Waals surface area contributed by atoms with Crippen molar-refractivity contribution in [1.82, 2.24) is 20.0 Å². The fourth-order valence-corrected chi connectivity index (χ4v) is 4.90. The van der Waals surface area contributed by atoms with Crippen molar-refractivity contribution in [2.45, 2.75) is 38.1 Å². The minimum Gasteiger partial charge on any atom is -0.356 e.